The minimum atomic E-state index is -0.653. The molecule has 1 saturated carbocycles. The van der Waals surface area contributed by atoms with Crippen LogP contribution in [0.2, 0.25) is 0 Å². The van der Waals surface area contributed by atoms with Crippen molar-refractivity contribution in [2.45, 2.75) is 71.1 Å². The fourth-order valence-corrected chi connectivity index (χ4v) is 4.31. The zero-order valence-corrected chi connectivity index (χ0v) is 19.9. The summed E-state index contributed by atoms with van der Waals surface area (Å²) in [7, 11) is 0. The smallest absolute Gasteiger partial charge is 0.410 e. The van der Waals surface area contributed by atoms with Crippen LogP contribution in [0.25, 0.3) is 11.3 Å². The zero-order valence-electron chi connectivity index (χ0n) is 19.9. The van der Waals surface area contributed by atoms with Crippen molar-refractivity contribution in [3.05, 3.63) is 40.8 Å². The summed E-state index contributed by atoms with van der Waals surface area (Å²) in [6.07, 6.45) is 2.85. The van der Waals surface area contributed by atoms with Crippen LogP contribution in [0.5, 0.6) is 0 Å². The molecule has 2 aromatic rings. The van der Waals surface area contributed by atoms with Gasteiger partial charge in [0.1, 0.15) is 17.5 Å². The molecule has 0 radical (unpaired) electrons. The van der Waals surface area contributed by atoms with Gasteiger partial charge < -0.3 is 19.1 Å². The molecule has 4 rings (SSSR count). The van der Waals surface area contributed by atoms with Crippen LogP contribution in [-0.4, -0.2) is 57.7 Å². The van der Waals surface area contributed by atoms with Crippen molar-refractivity contribution in [2.24, 2.45) is 0 Å². The highest BCUT2D eigenvalue weighted by atomic mass is 19.1. The van der Waals surface area contributed by atoms with E-state index in [9.17, 15) is 14.0 Å². The summed E-state index contributed by atoms with van der Waals surface area (Å²) in [6.45, 7) is 8.28. The quantitative estimate of drug-likeness (QED) is 0.647. The molecule has 9 heteroatoms. The normalized spacial score (nSPS) is 16.8. The number of nitrogens with zero attached hydrogens (tertiary/aromatic N) is 4. The van der Waals surface area contributed by atoms with Crippen molar-refractivity contribution in [2.75, 3.05) is 13.1 Å². The van der Waals surface area contributed by atoms with Crippen LogP contribution in [0, 0.1) is 24.1 Å². The second-order valence-corrected chi connectivity index (χ2v) is 9.93. The lowest BCUT2D eigenvalue weighted by atomic mass is 10.0. The number of halogens is 1. The Morgan fingerprint density at radius 2 is 1.85 bits per heavy atom. The van der Waals surface area contributed by atoms with Crippen molar-refractivity contribution in [3.8, 4) is 17.4 Å². The SMILES string of the molecule is Cc1c(C(=O)N(C2CC2)C2CCN(C(=O)OC(C)(C)C)CC2)noc1-c1ccc(C#N)c(F)c1. The summed E-state index contributed by atoms with van der Waals surface area (Å²) in [5.74, 6) is -0.554. The van der Waals surface area contributed by atoms with E-state index in [-0.39, 0.29) is 35.3 Å². The Balaban J connectivity index is 1.49. The molecule has 1 saturated heterocycles. The lowest BCUT2D eigenvalue weighted by molar-refractivity contribution is 0.0141. The first kappa shape index (κ1) is 23.7. The molecule has 0 atom stereocenters. The molecule has 1 aromatic carbocycles. The number of carbonyl (C=O) groups is 2. The van der Waals surface area contributed by atoms with Crippen molar-refractivity contribution < 1.29 is 23.2 Å². The average Bonchev–Trinajstić information content (AvgIpc) is 3.53. The standard InChI is InChI=1S/C25H29FN4O4/c1-15-21(28-34-22(15)16-5-6-17(14-27)20(26)13-16)23(31)30(18-7-8-18)19-9-11-29(12-10-19)24(32)33-25(2,3)4/h5-6,13,18-19H,7-12H2,1-4H3. The Bertz CT molecular complexity index is 1130. The first-order valence-corrected chi connectivity index (χ1v) is 11.6. The monoisotopic (exact) mass is 468 g/mol. The van der Waals surface area contributed by atoms with Gasteiger partial charge in [0.15, 0.2) is 11.5 Å². The van der Waals surface area contributed by atoms with Crippen molar-refractivity contribution in [1.29, 1.82) is 5.26 Å². The molecule has 1 aliphatic carbocycles. The third kappa shape index (κ3) is 4.91. The predicted molar refractivity (Wildman–Crippen MR) is 121 cm³/mol. The van der Waals surface area contributed by atoms with Crippen molar-refractivity contribution in [3.63, 3.8) is 0 Å². The summed E-state index contributed by atoms with van der Waals surface area (Å²) in [5.41, 5.74) is 0.551. The second-order valence-electron chi connectivity index (χ2n) is 9.93. The molecule has 2 fully saturated rings. The number of aromatic nitrogens is 1. The van der Waals surface area contributed by atoms with Gasteiger partial charge >= 0.3 is 6.09 Å². The second kappa shape index (κ2) is 9.09. The Hall–Kier alpha value is -3.41. The Morgan fingerprint density at radius 1 is 1.21 bits per heavy atom. The van der Waals surface area contributed by atoms with Crippen molar-refractivity contribution >= 4 is 12.0 Å². The molecule has 1 aromatic heterocycles. The van der Waals surface area contributed by atoms with Crippen LogP contribution in [0.15, 0.2) is 22.7 Å². The van der Waals surface area contributed by atoms with E-state index in [4.69, 9.17) is 14.5 Å². The van der Waals surface area contributed by atoms with E-state index in [1.165, 1.54) is 12.1 Å². The maximum atomic E-state index is 14.1. The first-order chi connectivity index (χ1) is 16.1. The summed E-state index contributed by atoms with van der Waals surface area (Å²) in [6, 6.07) is 6.10. The Kier molecular flexibility index (Phi) is 6.34. The van der Waals surface area contributed by atoms with Crippen LogP contribution in [-0.2, 0) is 4.74 Å². The van der Waals surface area contributed by atoms with Crippen LogP contribution in [0.1, 0.15) is 68.1 Å². The average molecular weight is 469 g/mol. The molecule has 2 amide bonds. The Morgan fingerprint density at radius 3 is 2.41 bits per heavy atom. The molecule has 180 valence electrons. The molecule has 0 unspecified atom stereocenters. The van der Waals surface area contributed by atoms with Gasteiger partial charge in [-0.2, -0.15) is 5.26 Å². The number of carbonyl (C=O) groups excluding carboxylic acids is 2. The van der Waals surface area contributed by atoms with Gasteiger partial charge in [-0.25, -0.2) is 9.18 Å². The van der Waals surface area contributed by atoms with Gasteiger partial charge in [0.2, 0.25) is 0 Å². The molecular weight excluding hydrogens is 439 g/mol. The lowest BCUT2D eigenvalue weighted by Crippen LogP contribution is -2.50. The number of ether oxygens (including phenoxy) is 1. The van der Waals surface area contributed by atoms with Gasteiger partial charge in [0, 0.05) is 36.3 Å². The topological polar surface area (TPSA) is 99.7 Å². The van der Waals surface area contributed by atoms with Gasteiger partial charge in [-0.3, -0.25) is 4.79 Å². The van der Waals surface area contributed by atoms with E-state index < -0.39 is 11.4 Å². The highest BCUT2D eigenvalue weighted by Gasteiger charge is 2.41. The predicted octanol–water partition coefficient (Wildman–Crippen LogP) is 4.66. The highest BCUT2D eigenvalue weighted by Crippen LogP contribution is 2.35. The number of amides is 2. The van der Waals surface area contributed by atoms with Gasteiger partial charge in [-0.05, 0) is 71.6 Å². The van der Waals surface area contributed by atoms with E-state index in [1.807, 2.05) is 25.7 Å². The molecule has 2 heterocycles. The number of hydrogen-bond acceptors (Lipinski definition) is 6. The zero-order chi connectivity index (χ0) is 24.6. The van der Waals surface area contributed by atoms with Crippen LogP contribution in [0.4, 0.5) is 9.18 Å². The fourth-order valence-electron chi connectivity index (χ4n) is 4.31. The van der Waals surface area contributed by atoms with Gasteiger partial charge in [0.05, 0.1) is 5.56 Å². The molecule has 2 aliphatic rings. The van der Waals surface area contributed by atoms with Crippen LogP contribution >= 0.6 is 0 Å². The number of nitriles is 1. The summed E-state index contributed by atoms with van der Waals surface area (Å²) < 4.78 is 25.0. The minimum Gasteiger partial charge on any atom is -0.444 e. The third-order valence-electron chi connectivity index (χ3n) is 6.16. The maximum absolute atomic E-state index is 14.1. The summed E-state index contributed by atoms with van der Waals surface area (Å²) in [4.78, 5) is 29.5. The molecule has 0 N–H and O–H groups in total. The number of likely N-dealkylation sites (tertiary alicyclic amines) is 1. The lowest BCUT2D eigenvalue weighted by Gasteiger charge is -2.38. The van der Waals surface area contributed by atoms with Crippen LogP contribution < -0.4 is 0 Å². The van der Waals surface area contributed by atoms with Crippen LogP contribution in [0.3, 0.4) is 0 Å². The van der Waals surface area contributed by atoms with E-state index in [0.717, 1.165) is 12.8 Å². The van der Waals surface area contributed by atoms with E-state index in [0.29, 0.717) is 42.8 Å². The third-order valence-corrected chi connectivity index (χ3v) is 6.16. The highest BCUT2D eigenvalue weighted by molar-refractivity contribution is 5.95. The van der Waals surface area contributed by atoms with Gasteiger partial charge in [-0.15, -0.1) is 0 Å². The molecule has 0 spiro atoms. The summed E-state index contributed by atoms with van der Waals surface area (Å²) >= 11 is 0. The van der Waals surface area contributed by atoms with E-state index >= 15 is 0 Å². The molecular formula is C25H29FN4O4. The molecule has 1 aliphatic heterocycles. The van der Waals surface area contributed by atoms with Gasteiger partial charge in [0.25, 0.3) is 5.91 Å². The summed E-state index contributed by atoms with van der Waals surface area (Å²) in [5, 5.41) is 13.0. The number of hydrogen-bond donors (Lipinski definition) is 0. The van der Waals surface area contributed by atoms with Crippen molar-refractivity contribution in [1.82, 2.24) is 15.0 Å². The first-order valence-electron chi connectivity index (χ1n) is 11.6. The molecule has 8 nitrogen and oxygen atoms in total. The number of benzene rings is 1. The van der Waals surface area contributed by atoms with E-state index in [1.54, 1.807) is 24.0 Å². The fraction of sp³-hybridized carbons (Fsp3) is 0.520. The number of piperidine rings is 1. The number of rotatable bonds is 4. The molecule has 34 heavy (non-hydrogen) atoms. The largest absolute Gasteiger partial charge is 0.444 e. The Labute approximate surface area is 198 Å². The maximum Gasteiger partial charge on any atom is 0.410 e. The molecule has 0 bridgehead atoms. The van der Waals surface area contributed by atoms with E-state index in [2.05, 4.69) is 5.16 Å². The van der Waals surface area contributed by atoms with Gasteiger partial charge in [-0.1, -0.05) is 5.16 Å². The minimum absolute atomic E-state index is 0.00871.